The normalized spacial score (nSPS) is 18.1. The van der Waals surface area contributed by atoms with Crippen molar-refractivity contribution in [3.63, 3.8) is 0 Å². The Hall–Kier alpha value is -1.78. The minimum atomic E-state index is -0.863. The van der Waals surface area contributed by atoms with Crippen LogP contribution < -0.4 is 5.32 Å². The summed E-state index contributed by atoms with van der Waals surface area (Å²) in [7, 11) is 0. The van der Waals surface area contributed by atoms with Gasteiger partial charge in [-0.2, -0.15) is 0 Å². The topological polar surface area (TPSA) is 79.5 Å². The minimum Gasteiger partial charge on any atom is -0.481 e. The van der Waals surface area contributed by atoms with Crippen LogP contribution in [-0.4, -0.2) is 17.0 Å². The molecule has 0 saturated carbocycles. The summed E-state index contributed by atoms with van der Waals surface area (Å²) in [6.07, 6.45) is 5.17. The summed E-state index contributed by atoms with van der Waals surface area (Å²) in [4.78, 5) is 22.0. The van der Waals surface area contributed by atoms with Gasteiger partial charge in [0.1, 0.15) is 5.76 Å². The van der Waals surface area contributed by atoms with E-state index in [-0.39, 0.29) is 24.8 Å². The number of carboxylic acids is 1. The second kappa shape index (κ2) is 5.71. The van der Waals surface area contributed by atoms with E-state index in [4.69, 9.17) is 9.52 Å². The van der Waals surface area contributed by atoms with E-state index in [2.05, 4.69) is 5.32 Å². The Balaban J connectivity index is 1.84. The lowest BCUT2D eigenvalue weighted by atomic mass is 9.93. The SMILES string of the molecule is O=C(O)CCCC(=O)NC1CCCc2occc21. The van der Waals surface area contributed by atoms with Crippen LogP contribution in [0.2, 0.25) is 0 Å². The van der Waals surface area contributed by atoms with Gasteiger partial charge in [0, 0.05) is 24.8 Å². The summed E-state index contributed by atoms with van der Waals surface area (Å²) >= 11 is 0. The van der Waals surface area contributed by atoms with E-state index >= 15 is 0 Å². The molecule has 2 rings (SSSR count). The third-order valence-corrected chi connectivity index (χ3v) is 3.18. The molecule has 1 amide bonds. The number of fused-ring (bicyclic) bond motifs is 1. The van der Waals surface area contributed by atoms with Crippen molar-refractivity contribution in [3.05, 3.63) is 23.7 Å². The fourth-order valence-electron chi connectivity index (χ4n) is 2.30. The van der Waals surface area contributed by atoms with E-state index in [1.807, 2.05) is 6.07 Å². The maximum absolute atomic E-state index is 11.7. The Morgan fingerprint density at radius 3 is 3.06 bits per heavy atom. The average molecular weight is 251 g/mol. The summed E-state index contributed by atoms with van der Waals surface area (Å²) < 4.78 is 5.35. The van der Waals surface area contributed by atoms with Crippen LogP contribution in [-0.2, 0) is 16.0 Å². The van der Waals surface area contributed by atoms with E-state index < -0.39 is 5.97 Å². The quantitative estimate of drug-likeness (QED) is 0.839. The Morgan fingerprint density at radius 1 is 1.44 bits per heavy atom. The molecule has 1 heterocycles. The van der Waals surface area contributed by atoms with Gasteiger partial charge in [0.2, 0.25) is 5.91 Å². The predicted molar refractivity (Wildman–Crippen MR) is 64.0 cm³/mol. The van der Waals surface area contributed by atoms with Crippen LogP contribution in [0.4, 0.5) is 0 Å². The lowest BCUT2D eigenvalue weighted by Crippen LogP contribution is -2.30. The van der Waals surface area contributed by atoms with Crippen molar-refractivity contribution >= 4 is 11.9 Å². The number of carbonyl (C=O) groups excluding carboxylic acids is 1. The summed E-state index contributed by atoms with van der Waals surface area (Å²) in [6.45, 7) is 0. The van der Waals surface area contributed by atoms with E-state index in [0.29, 0.717) is 6.42 Å². The predicted octanol–water partition coefficient (Wildman–Crippen LogP) is 2.03. The number of amides is 1. The molecule has 1 aromatic rings. The third-order valence-electron chi connectivity index (χ3n) is 3.18. The molecular weight excluding hydrogens is 234 g/mol. The first-order chi connectivity index (χ1) is 8.66. The van der Waals surface area contributed by atoms with Gasteiger partial charge in [0.25, 0.3) is 0 Å². The largest absolute Gasteiger partial charge is 0.481 e. The molecule has 2 N–H and O–H groups in total. The molecule has 0 radical (unpaired) electrons. The zero-order valence-corrected chi connectivity index (χ0v) is 10.1. The number of hydrogen-bond donors (Lipinski definition) is 2. The standard InChI is InChI=1S/C13H17NO4/c15-12(5-2-6-13(16)17)14-10-3-1-4-11-9(10)7-8-18-11/h7-8,10H,1-6H2,(H,14,15)(H,16,17). The second-order valence-electron chi connectivity index (χ2n) is 4.56. The van der Waals surface area contributed by atoms with Crippen LogP contribution in [0, 0.1) is 0 Å². The van der Waals surface area contributed by atoms with Crippen LogP contribution >= 0.6 is 0 Å². The molecule has 1 unspecified atom stereocenters. The van der Waals surface area contributed by atoms with Gasteiger partial charge in [-0.1, -0.05) is 0 Å². The van der Waals surface area contributed by atoms with Crippen molar-refractivity contribution in [1.29, 1.82) is 0 Å². The minimum absolute atomic E-state index is 0.0184. The Kier molecular flexibility index (Phi) is 4.02. The van der Waals surface area contributed by atoms with E-state index in [1.165, 1.54) is 0 Å². The van der Waals surface area contributed by atoms with Gasteiger partial charge in [-0.05, 0) is 25.3 Å². The van der Waals surface area contributed by atoms with Crippen molar-refractivity contribution in [2.24, 2.45) is 0 Å². The third kappa shape index (κ3) is 3.12. The lowest BCUT2D eigenvalue weighted by Gasteiger charge is -2.22. The van der Waals surface area contributed by atoms with Crippen LogP contribution in [0.3, 0.4) is 0 Å². The molecule has 0 bridgehead atoms. The van der Waals surface area contributed by atoms with Crippen LogP contribution in [0.1, 0.15) is 49.5 Å². The first-order valence-corrected chi connectivity index (χ1v) is 6.24. The monoisotopic (exact) mass is 251 g/mol. The number of carboxylic acid groups (broad SMARTS) is 1. The van der Waals surface area contributed by atoms with Gasteiger partial charge in [0.05, 0.1) is 12.3 Å². The highest BCUT2D eigenvalue weighted by Gasteiger charge is 2.23. The number of aryl methyl sites for hydroxylation is 1. The number of carbonyl (C=O) groups is 2. The van der Waals surface area contributed by atoms with Gasteiger partial charge in [-0.15, -0.1) is 0 Å². The molecule has 0 spiro atoms. The molecule has 98 valence electrons. The fraction of sp³-hybridized carbons (Fsp3) is 0.538. The van der Waals surface area contributed by atoms with Gasteiger partial charge in [0.15, 0.2) is 0 Å². The van der Waals surface area contributed by atoms with E-state index in [1.54, 1.807) is 6.26 Å². The number of nitrogens with one attached hydrogen (secondary N) is 1. The highest BCUT2D eigenvalue weighted by Crippen LogP contribution is 2.30. The highest BCUT2D eigenvalue weighted by atomic mass is 16.4. The summed E-state index contributed by atoms with van der Waals surface area (Å²) in [5.74, 6) is 0.00460. The highest BCUT2D eigenvalue weighted by molar-refractivity contribution is 5.77. The summed E-state index contributed by atoms with van der Waals surface area (Å²) in [5, 5.41) is 11.4. The zero-order chi connectivity index (χ0) is 13.0. The van der Waals surface area contributed by atoms with Crippen molar-refractivity contribution < 1.29 is 19.1 Å². The number of furan rings is 1. The summed E-state index contributed by atoms with van der Waals surface area (Å²) in [5.41, 5.74) is 1.06. The number of aliphatic carboxylic acids is 1. The summed E-state index contributed by atoms with van der Waals surface area (Å²) in [6, 6.07) is 1.92. The first kappa shape index (κ1) is 12.7. The molecule has 5 heteroatoms. The zero-order valence-electron chi connectivity index (χ0n) is 10.1. The van der Waals surface area contributed by atoms with E-state index in [0.717, 1.165) is 30.6 Å². The molecule has 1 atom stereocenters. The molecule has 0 fully saturated rings. The molecule has 0 aliphatic heterocycles. The molecule has 5 nitrogen and oxygen atoms in total. The molecule has 1 aliphatic rings. The fourth-order valence-corrected chi connectivity index (χ4v) is 2.30. The van der Waals surface area contributed by atoms with Gasteiger partial charge in [-0.25, -0.2) is 0 Å². The maximum Gasteiger partial charge on any atom is 0.303 e. The first-order valence-electron chi connectivity index (χ1n) is 6.24. The van der Waals surface area contributed by atoms with Crippen molar-refractivity contribution in [2.45, 2.75) is 44.6 Å². The van der Waals surface area contributed by atoms with Crippen LogP contribution in [0.25, 0.3) is 0 Å². The smallest absolute Gasteiger partial charge is 0.303 e. The average Bonchev–Trinajstić information content (AvgIpc) is 2.77. The van der Waals surface area contributed by atoms with E-state index in [9.17, 15) is 9.59 Å². The molecule has 0 aromatic carbocycles. The molecule has 18 heavy (non-hydrogen) atoms. The molecule has 1 aromatic heterocycles. The Labute approximate surface area is 105 Å². The van der Waals surface area contributed by atoms with Gasteiger partial charge >= 0.3 is 5.97 Å². The van der Waals surface area contributed by atoms with Crippen molar-refractivity contribution in [1.82, 2.24) is 5.32 Å². The van der Waals surface area contributed by atoms with Crippen molar-refractivity contribution in [2.75, 3.05) is 0 Å². The Morgan fingerprint density at radius 2 is 2.28 bits per heavy atom. The molecule has 0 saturated heterocycles. The van der Waals surface area contributed by atoms with Crippen LogP contribution in [0.15, 0.2) is 16.7 Å². The number of rotatable bonds is 5. The maximum atomic E-state index is 11.7. The second-order valence-corrected chi connectivity index (χ2v) is 4.56. The van der Waals surface area contributed by atoms with Gasteiger partial charge < -0.3 is 14.8 Å². The van der Waals surface area contributed by atoms with Crippen molar-refractivity contribution in [3.8, 4) is 0 Å². The Bertz CT molecular complexity index is 438. The molecular formula is C13H17NO4. The lowest BCUT2D eigenvalue weighted by molar-refractivity contribution is -0.137. The number of hydrogen-bond acceptors (Lipinski definition) is 3. The van der Waals surface area contributed by atoms with Gasteiger partial charge in [-0.3, -0.25) is 9.59 Å². The molecule has 1 aliphatic carbocycles. The van der Waals surface area contributed by atoms with Crippen LogP contribution in [0.5, 0.6) is 0 Å².